The zero-order valence-electron chi connectivity index (χ0n) is 11.3. The first-order valence-corrected chi connectivity index (χ1v) is 7.17. The molecule has 0 atom stereocenters. The summed E-state index contributed by atoms with van der Waals surface area (Å²) in [5, 5.41) is 3.21. The molecular weight excluding hydrogens is 334 g/mol. The molecular formula is C15H16BrN3O2. The smallest absolute Gasteiger partial charge is 0.248 e. The fourth-order valence-electron chi connectivity index (χ4n) is 1.77. The molecule has 2 aromatic carbocycles. The summed E-state index contributed by atoms with van der Waals surface area (Å²) in [5.41, 5.74) is 12.9. The molecule has 0 aliphatic heterocycles. The fraction of sp³-hybridized carbons (Fsp3) is 0.133. The molecule has 0 radical (unpaired) electrons. The number of benzene rings is 2. The number of halogens is 1. The van der Waals surface area contributed by atoms with Gasteiger partial charge >= 0.3 is 0 Å². The molecule has 0 aliphatic carbocycles. The minimum Gasteiger partial charge on any atom is -0.492 e. The van der Waals surface area contributed by atoms with Gasteiger partial charge in [0.2, 0.25) is 5.91 Å². The number of nitrogens with one attached hydrogen (secondary N) is 1. The van der Waals surface area contributed by atoms with Gasteiger partial charge in [-0.05, 0) is 46.3 Å². The molecule has 0 aromatic heterocycles. The molecule has 21 heavy (non-hydrogen) atoms. The molecule has 2 aromatic rings. The van der Waals surface area contributed by atoms with E-state index in [4.69, 9.17) is 16.2 Å². The number of primary amides is 1. The van der Waals surface area contributed by atoms with Crippen LogP contribution in [0.5, 0.6) is 5.75 Å². The highest BCUT2D eigenvalue weighted by molar-refractivity contribution is 9.10. The Bertz CT molecular complexity index is 647. The van der Waals surface area contributed by atoms with E-state index >= 15 is 0 Å². The molecule has 0 fully saturated rings. The van der Waals surface area contributed by atoms with Gasteiger partial charge in [-0.1, -0.05) is 6.07 Å². The van der Waals surface area contributed by atoms with E-state index in [1.807, 2.05) is 18.2 Å². The summed E-state index contributed by atoms with van der Waals surface area (Å²) >= 11 is 3.39. The summed E-state index contributed by atoms with van der Waals surface area (Å²) in [4.78, 5) is 11.1. The van der Waals surface area contributed by atoms with Crippen molar-refractivity contribution in [3.63, 3.8) is 0 Å². The van der Waals surface area contributed by atoms with Crippen LogP contribution in [-0.4, -0.2) is 19.1 Å². The van der Waals surface area contributed by atoms with Gasteiger partial charge in [-0.3, -0.25) is 4.79 Å². The van der Waals surface area contributed by atoms with Gasteiger partial charge in [0.15, 0.2) is 0 Å². The summed E-state index contributed by atoms with van der Waals surface area (Å²) in [7, 11) is 0. The Balaban J connectivity index is 1.85. The summed E-state index contributed by atoms with van der Waals surface area (Å²) in [6, 6.07) is 12.4. The second-order valence-electron chi connectivity index (χ2n) is 4.41. The molecule has 0 saturated heterocycles. The Kier molecular flexibility index (Phi) is 5.05. The zero-order chi connectivity index (χ0) is 15.2. The van der Waals surface area contributed by atoms with Crippen LogP contribution in [-0.2, 0) is 0 Å². The maximum Gasteiger partial charge on any atom is 0.248 e. The number of carbonyl (C=O) groups is 1. The minimum absolute atomic E-state index is 0.452. The van der Waals surface area contributed by atoms with Crippen molar-refractivity contribution in [3.8, 4) is 5.75 Å². The molecule has 0 bridgehead atoms. The van der Waals surface area contributed by atoms with E-state index in [2.05, 4.69) is 21.2 Å². The zero-order valence-corrected chi connectivity index (χ0v) is 12.9. The highest BCUT2D eigenvalue weighted by Gasteiger charge is 2.04. The van der Waals surface area contributed by atoms with Crippen molar-refractivity contribution in [2.75, 3.05) is 24.2 Å². The molecule has 110 valence electrons. The van der Waals surface area contributed by atoms with Crippen LogP contribution in [0.1, 0.15) is 10.4 Å². The number of hydrogen-bond donors (Lipinski definition) is 3. The van der Waals surface area contributed by atoms with E-state index in [1.54, 1.807) is 24.3 Å². The number of rotatable bonds is 6. The Hall–Kier alpha value is -2.21. The standard InChI is InChI=1S/C15H16BrN3O2/c16-13-8-10(15(18)20)4-5-14(13)19-6-7-21-12-3-1-2-11(17)9-12/h1-5,8-9,19H,6-7,17H2,(H2,18,20). The van der Waals surface area contributed by atoms with Crippen molar-refractivity contribution in [3.05, 3.63) is 52.5 Å². The predicted molar refractivity (Wildman–Crippen MR) is 87.5 cm³/mol. The molecule has 0 aliphatic rings. The number of ether oxygens (including phenoxy) is 1. The molecule has 5 nitrogen and oxygen atoms in total. The quantitative estimate of drug-likeness (QED) is 0.552. The average Bonchev–Trinajstić information content (AvgIpc) is 2.45. The van der Waals surface area contributed by atoms with Crippen molar-refractivity contribution >= 4 is 33.2 Å². The van der Waals surface area contributed by atoms with E-state index in [1.165, 1.54) is 0 Å². The van der Waals surface area contributed by atoms with Crippen molar-refractivity contribution in [1.29, 1.82) is 0 Å². The Morgan fingerprint density at radius 2 is 2.05 bits per heavy atom. The molecule has 2 rings (SSSR count). The fourth-order valence-corrected chi connectivity index (χ4v) is 2.29. The third-order valence-electron chi connectivity index (χ3n) is 2.80. The highest BCUT2D eigenvalue weighted by Crippen LogP contribution is 2.23. The maximum atomic E-state index is 11.1. The number of amides is 1. The molecule has 0 heterocycles. The van der Waals surface area contributed by atoms with Crippen LogP contribution < -0.4 is 21.5 Å². The maximum absolute atomic E-state index is 11.1. The number of anilines is 2. The largest absolute Gasteiger partial charge is 0.492 e. The first-order chi connectivity index (χ1) is 10.1. The SMILES string of the molecule is NC(=O)c1ccc(NCCOc2cccc(N)c2)c(Br)c1. The highest BCUT2D eigenvalue weighted by atomic mass is 79.9. The molecule has 0 unspecified atom stereocenters. The van der Waals surface area contributed by atoms with Crippen LogP contribution in [0.25, 0.3) is 0 Å². The lowest BCUT2D eigenvalue weighted by atomic mass is 10.2. The lowest BCUT2D eigenvalue weighted by Gasteiger charge is -2.11. The van der Waals surface area contributed by atoms with Crippen LogP contribution in [0, 0.1) is 0 Å². The molecule has 6 heteroatoms. The van der Waals surface area contributed by atoms with Crippen molar-refractivity contribution < 1.29 is 9.53 Å². The molecule has 0 spiro atoms. The topological polar surface area (TPSA) is 90.4 Å². The number of nitrogen functional groups attached to an aromatic ring is 1. The second-order valence-corrected chi connectivity index (χ2v) is 5.26. The third kappa shape index (κ3) is 4.39. The lowest BCUT2D eigenvalue weighted by molar-refractivity contribution is 0.100. The monoisotopic (exact) mass is 349 g/mol. The van der Waals surface area contributed by atoms with Gasteiger partial charge < -0.3 is 21.5 Å². The van der Waals surface area contributed by atoms with E-state index in [9.17, 15) is 4.79 Å². The van der Waals surface area contributed by atoms with Crippen LogP contribution in [0.4, 0.5) is 11.4 Å². The van der Waals surface area contributed by atoms with E-state index in [0.717, 1.165) is 15.9 Å². The van der Waals surface area contributed by atoms with Gasteiger partial charge in [0, 0.05) is 34.0 Å². The van der Waals surface area contributed by atoms with E-state index in [-0.39, 0.29) is 0 Å². The Labute approximate surface area is 131 Å². The second kappa shape index (κ2) is 6.99. The Morgan fingerprint density at radius 3 is 2.71 bits per heavy atom. The van der Waals surface area contributed by atoms with E-state index < -0.39 is 5.91 Å². The van der Waals surface area contributed by atoms with Crippen LogP contribution in [0.3, 0.4) is 0 Å². The van der Waals surface area contributed by atoms with Crippen molar-refractivity contribution in [2.45, 2.75) is 0 Å². The molecule has 1 amide bonds. The van der Waals surface area contributed by atoms with Crippen LogP contribution in [0.15, 0.2) is 46.9 Å². The summed E-state index contributed by atoms with van der Waals surface area (Å²) < 4.78 is 6.36. The summed E-state index contributed by atoms with van der Waals surface area (Å²) in [5.74, 6) is 0.284. The predicted octanol–water partition coefficient (Wildman–Crippen LogP) is 2.62. The van der Waals surface area contributed by atoms with Crippen molar-refractivity contribution in [1.82, 2.24) is 0 Å². The lowest BCUT2D eigenvalue weighted by Crippen LogP contribution is -2.13. The van der Waals surface area contributed by atoms with Gasteiger partial charge in [-0.25, -0.2) is 0 Å². The van der Waals surface area contributed by atoms with Crippen molar-refractivity contribution in [2.24, 2.45) is 5.73 Å². The van der Waals surface area contributed by atoms with Gasteiger partial charge in [0.25, 0.3) is 0 Å². The van der Waals surface area contributed by atoms with Crippen LogP contribution >= 0.6 is 15.9 Å². The average molecular weight is 350 g/mol. The number of hydrogen-bond acceptors (Lipinski definition) is 4. The van der Waals surface area contributed by atoms with E-state index in [0.29, 0.717) is 24.4 Å². The van der Waals surface area contributed by atoms with Gasteiger partial charge in [-0.15, -0.1) is 0 Å². The van der Waals surface area contributed by atoms with Gasteiger partial charge in [0.05, 0.1) is 0 Å². The van der Waals surface area contributed by atoms with Gasteiger partial charge in [-0.2, -0.15) is 0 Å². The Morgan fingerprint density at radius 1 is 1.24 bits per heavy atom. The normalized spacial score (nSPS) is 10.1. The summed E-state index contributed by atoms with van der Waals surface area (Å²) in [6.07, 6.45) is 0. The third-order valence-corrected chi connectivity index (χ3v) is 3.45. The number of nitrogens with two attached hydrogens (primary N) is 2. The van der Waals surface area contributed by atoms with Gasteiger partial charge in [0.1, 0.15) is 12.4 Å². The minimum atomic E-state index is -0.452. The van der Waals surface area contributed by atoms with Crippen LogP contribution in [0.2, 0.25) is 0 Å². The first-order valence-electron chi connectivity index (χ1n) is 6.38. The summed E-state index contributed by atoms with van der Waals surface area (Å²) in [6.45, 7) is 1.11. The number of carbonyl (C=O) groups excluding carboxylic acids is 1. The first kappa shape index (κ1) is 15.2. The molecule has 5 N–H and O–H groups in total. The molecule has 0 saturated carbocycles.